The minimum Gasteiger partial charge on any atom is -0.452 e. The van der Waals surface area contributed by atoms with Crippen molar-refractivity contribution in [3.63, 3.8) is 0 Å². The third-order valence-electron chi connectivity index (χ3n) is 3.01. The zero-order valence-electron chi connectivity index (χ0n) is 10.5. The van der Waals surface area contributed by atoms with Crippen LogP contribution in [0.25, 0.3) is 0 Å². The summed E-state index contributed by atoms with van der Waals surface area (Å²) < 4.78 is 5.04. The van der Waals surface area contributed by atoms with Gasteiger partial charge in [0.15, 0.2) is 6.10 Å². The summed E-state index contributed by atoms with van der Waals surface area (Å²) in [5, 5.41) is 0. The second-order valence-corrected chi connectivity index (χ2v) is 4.49. The lowest BCUT2D eigenvalue weighted by Gasteiger charge is -2.31. The van der Waals surface area contributed by atoms with Crippen molar-refractivity contribution < 1.29 is 14.3 Å². The molecule has 0 N–H and O–H groups in total. The summed E-state index contributed by atoms with van der Waals surface area (Å²) in [6, 6.07) is 9.83. The number of rotatable bonds is 3. The van der Waals surface area contributed by atoms with Gasteiger partial charge in [-0.2, -0.15) is 0 Å². The maximum Gasteiger partial charge on any atom is 0.303 e. The third kappa shape index (κ3) is 3.09. The van der Waals surface area contributed by atoms with E-state index in [1.165, 1.54) is 6.92 Å². The maximum atomic E-state index is 12.1. The SMILES string of the molecule is CC(=O)O[C@@H]1CCCN(Cc2ccccc2)C1=O. The molecule has 0 radical (unpaired) electrons. The number of nitrogens with zero attached hydrogens (tertiary/aromatic N) is 1. The number of ether oxygens (including phenoxy) is 1. The molecule has 1 amide bonds. The molecular formula is C14H17NO3. The summed E-state index contributed by atoms with van der Waals surface area (Å²) in [5.74, 6) is -0.477. The van der Waals surface area contributed by atoms with Gasteiger partial charge < -0.3 is 9.64 Å². The van der Waals surface area contributed by atoms with Crippen molar-refractivity contribution in [2.75, 3.05) is 6.54 Å². The standard InChI is InChI=1S/C14H17NO3/c1-11(16)18-13-8-5-9-15(14(13)17)10-12-6-3-2-4-7-12/h2-4,6-7,13H,5,8-10H2,1H3/t13-/m1/s1. The fraction of sp³-hybridized carbons (Fsp3) is 0.429. The van der Waals surface area contributed by atoms with E-state index in [0.717, 1.165) is 18.5 Å². The monoisotopic (exact) mass is 247 g/mol. The van der Waals surface area contributed by atoms with Gasteiger partial charge in [-0.15, -0.1) is 0 Å². The van der Waals surface area contributed by atoms with Crippen LogP contribution in [0.3, 0.4) is 0 Å². The van der Waals surface area contributed by atoms with Crippen LogP contribution in [0, 0.1) is 0 Å². The molecular weight excluding hydrogens is 230 g/mol. The summed E-state index contributed by atoms with van der Waals surface area (Å²) in [6.45, 7) is 2.65. The molecule has 0 aliphatic carbocycles. The highest BCUT2D eigenvalue weighted by atomic mass is 16.5. The Kier molecular flexibility index (Phi) is 3.97. The van der Waals surface area contributed by atoms with Crippen LogP contribution in [-0.2, 0) is 20.9 Å². The average molecular weight is 247 g/mol. The first-order valence-corrected chi connectivity index (χ1v) is 6.17. The van der Waals surface area contributed by atoms with Crippen molar-refractivity contribution in [3.05, 3.63) is 35.9 Å². The highest BCUT2D eigenvalue weighted by molar-refractivity contribution is 5.84. The van der Waals surface area contributed by atoms with Crippen molar-refractivity contribution >= 4 is 11.9 Å². The van der Waals surface area contributed by atoms with Gasteiger partial charge in [-0.3, -0.25) is 9.59 Å². The number of amides is 1. The highest BCUT2D eigenvalue weighted by Crippen LogP contribution is 2.17. The summed E-state index contributed by atoms with van der Waals surface area (Å²) >= 11 is 0. The topological polar surface area (TPSA) is 46.6 Å². The van der Waals surface area contributed by atoms with E-state index < -0.39 is 12.1 Å². The van der Waals surface area contributed by atoms with Crippen molar-refractivity contribution in [1.29, 1.82) is 0 Å². The third-order valence-corrected chi connectivity index (χ3v) is 3.01. The molecule has 2 rings (SSSR count). The molecule has 0 aromatic heterocycles. The van der Waals surface area contributed by atoms with Crippen molar-refractivity contribution in [2.24, 2.45) is 0 Å². The lowest BCUT2D eigenvalue weighted by molar-refractivity contribution is -0.162. The molecule has 1 aliphatic rings. The predicted molar refractivity (Wildman–Crippen MR) is 66.6 cm³/mol. The first-order valence-electron chi connectivity index (χ1n) is 6.17. The minimum absolute atomic E-state index is 0.0831. The maximum absolute atomic E-state index is 12.1. The summed E-state index contributed by atoms with van der Waals surface area (Å²) in [6.07, 6.45) is 0.903. The Bertz CT molecular complexity index is 430. The second-order valence-electron chi connectivity index (χ2n) is 4.49. The van der Waals surface area contributed by atoms with Crippen LogP contribution < -0.4 is 0 Å². The summed E-state index contributed by atoms with van der Waals surface area (Å²) in [5.41, 5.74) is 1.09. The molecule has 0 bridgehead atoms. The molecule has 1 fully saturated rings. The first kappa shape index (κ1) is 12.6. The van der Waals surface area contributed by atoms with Crippen LogP contribution in [0.2, 0.25) is 0 Å². The van der Waals surface area contributed by atoms with E-state index in [1.54, 1.807) is 4.90 Å². The van der Waals surface area contributed by atoms with Gasteiger partial charge in [0.05, 0.1) is 0 Å². The van der Waals surface area contributed by atoms with Crippen molar-refractivity contribution in [3.8, 4) is 0 Å². The van der Waals surface area contributed by atoms with Gasteiger partial charge >= 0.3 is 5.97 Å². The number of carbonyl (C=O) groups is 2. The van der Waals surface area contributed by atoms with E-state index in [1.807, 2.05) is 30.3 Å². The van der Waals surface area contributed by atoms with Crippen LogP contribution in [0.15, 0.2) is 30.3 Å². The Labute approximate surface area is 107 Å². The van der Waals surface area contributed by atoms with E-state index in [4.69, 9.17) is 4.74 Å². The predicted octanol–water partition coefficient (Wildman–Crippen LogP) is 1.74. The number of likely N-dealkylation sites (tertiary alicyclic amines) is 1. The minimum atomic E-state index is -0.597. The molecule has 1 atom stereocenters. The second kappa shape index (κ2) is 5.67. The fourth-order valence-electron chi connectivity index (χ4n) is 2.18. The summed E-state index contributed by atoms with van der Waals surface area (Å²) in [4.78, 5) is 24.8. The van der Waals surface area contributed by atoms with Crippen LogP contribution in [-0.4, -0.2) is 29.4 Å². The van der Waals surface area contributed by atoms with E-state index in [0.29, 0.717) is 13.0 Å². The largest absolute Gasteiger partial charge is 0.452 e. The van der Waals surface area contributed by atoms with Gasteiger partial charge in [-0.05, 0) is 18.4 Å². The molecule has 0 unspecified atom stereocenters. The van der Waals surface area contributed by atoms with Gasteiger partial charge in [0.25, 0.3) is 5.91 Å². The Morgan fingerprint density at radius 2 is 2.11 bits per heavy atom. The number of carbonyl (C=O) groups excluding carboxylic acids is 2. The Hall–Kier alpha value is -1.84. The van der Waals surface area contributed by atoms with Crippen LogP contribution in [0.1, 0.15) is 25.3 Å². The quantitative estimate of drug-likeness (QED) is 0.764. The lowest BCUT2D eigenvalue weighted by atomic mass is 10.1. The molecule has 0 spiro atoms. The molecule has 4 nitrogen and oxygen atoms in total. The Morgan fingerprint density at radius 3 is 2.78 bits per heavy atom. The zero-order valence-corrected chi connectivity index (χ0v) is 10.5. The normalized spacial score (nSPS) is 19.7. The lowest BCUT2D eigenvalue weighted by Crippen LogP contribution is -2.45. The van der Waals surface area contributed by atoms with Gasteiger partial charge in [-0.1, -0.05) is 30.3 Å². The number of esters is 1. The number of benzene rings is 1. The van der Waals surface area contributed by atoms with Crippen LogP contribution in [0.5, 0.6) is 0 Å². The Balaban J connectivity index is 2.00. The van der Waals surface area contributed by atoms with Gasteiger partial charge in [0, 0.05) is 20.0 Å². The van der Waals surface area contributed by atoms with E-state index in [2.05, 4.69) is 0 Å². The van der Waals surface area contributed by atoms with Gasteiger partial charge in [0.1, 0.15) is 0 Å². The smallest absolute Gasteiger partial charge is 0.303 e. The van der Waals surface area contributed by atoms with E-state index >= 15 is 0 Å². The molecule has 4 heteroatoms. The van der Waals surface area contributed by atoms with E-state index in [9.17, 15) is 9.59 Å². The number of piperidine rings is 1. The molecule has 18 heavy (non-hydrogen) atoms. The van der Waals surface area contributed by atoms with Gasteiger partial charge in [-0.25, -0.2) is 0 Å². The molecule has 0 saturated carbocycles. The molecule has 96 valence electrons. The highest BCUT2D eigenvalue weighted by Gasteiger charge is 2.30. The summed E-state index contributed by atoms with van der Waals surface area (Å²) in [7, 11) is 0. The van der Waals surface area contributed by atoms with Crippen LogP contribution in [0.4, 0.5) is 0 Å². The number of hydrogen-bond donors (Lipinski definition) is 0. The number of hydrogen-bond acceptors (Lipinski definition) is 3. The van der Waals surface area contributed by atoms with Crippen molar-refractivity contribution in [1.82, 2.24) is 4.90 Å². The van der Waals surface area contributed by atoms with Crippen LogP contribution >= 0.6 is 0 Å². The zero-order chi connectivity index (χ0) is 13.0. The molecule has 1 heterocycles. The van der Waals surface area contributed by atoms with Crippen molar-refractivity contribution in [2.45, 2.75) is 32.4 Å². The Morgan fingerprint density at radius 1 is 1.39 bits per heavy atom. The molecule has 1 aromatic carbocycles. The fourth-order valence-corrected chi connectivity index (χ4v) is 2.18. The average Bonchev–Trinajstić information content (AvgIpc) is 2.35. The molecule has 1 aromatic rings. The first-order chi connectivity index (χ1) is 8.66. The molecule has 1 aliphatic heterocycles. The molecule has 1 saturated heterocycles. The van der Waals surface area contributed by atoms with Gasteiger partial charge in [0.2, 0.25) is 0 Å². The van der Waals surface area contributed by atoms with E-state index in [-0.39, 0.29) is 5.91 Å².